The van der Waals surface area contributed by atoms with Crippen molar-refractivity contribution < 1.29 is 71.7 Å². The Hall–Kier alpha value is -2.94. The second kappa shape index (κ2) is 12.8. The van der Waals surface area contributed by atoms with Crippen LogP contribution in [0.3, 0.4) is 0 Å². The summed E-state index contributed by atoms with van der Waals surface area (Å²) in [4.78, 5) is 44.3. The molecule has 0 amide bonds. The van der Waals surface area contributed by atoms with Gasteiger partial charge in [0, 0.05) is 0 Å². The number of aliphatic hydroxyl groups is 4. The minimum atomic E-state index is -5.41. The molecule has 0 radical (unpaired) electrons. The molecule has 0 saturated carbocycles. The quantitative estimate of drug-likeness (QED) is 0.0914. The summed E-state index contributed by atoms with van der Waals surface area (Å²) in [7, 11) is -10.8. The molecule has 2 aromatic heterocycles. The molecule has 1 aromatic carbocycles. The zero-order valence-corrected chi connectivity index (χ0v) is 24.0. The highest BCUT2D eigenvalue weighted by atomic mass is 31.3. The van der Waals surface area contributed by atoms with Crippen LogP contribution < -0.4 is 5.73 Å². The summed E-state index contributed by atoms with van der Waals surface area (Å²) < 4.78 is 55.5. The van der Waals surface area contributed by atoms with E-state index in [1.54, 1.807) is 18.2 Å². The van der Waals surface area contributed by atoms with Crippen LogP contribution in [-0.4, -0.2) is 112 Å². The lowest BCUT2D eigenvalue weighted by molar-refractivity contribution is -0.132. The SMILES string of the molecule is Nc1ncnc2c1ncn2[C@@H]1O[C@H](COP(=O)(O)OP(=O)(O)OC[C@@H]2OC(O)[C@@H](O)[C@H]2OC(=O)c2ccccc2)[C@@H](O)[C@H]1O. The van der Waals surface area contributed by atoms with Gasteiger partial charge < -0.3 is 50.2 Å². The lowest BCUT2D eigenvalue weighted by Gasteiger charge is -2.22. The summed E-state index contributed by atoms with van der Waals surface area (Å²) in [5.74, 6) is -0.859. The van der Waals surface area contributed by atoms with E-state index in [9.17, 15) is 44.1 Å². The van der Waals surface area contributed by atoms with Crippen molar-refractivity contribution in [3.8, 4) is 0 Å². The average molecular weight is 663 g/mol. The molecule has 4 heterocycles. The van der Waals surface area contributed by atoms with Crippen molar-refractivity contribution in [1.82, 2.24) is 19.5 Å². The molecule has 22 heteroatoms. The van der Waals surface area contributed by atoms with Crippen molar-refractivity contribution >= 4 is 38.6 Å². The number of phosphoric ester groups is 2. The number of hydrogen-bond donors (Lipinski definition) is 7. The molecule has 10 atom stereocenters. The van der Waals surface area contributed by atoms with Crippen molar-refractivity contribution in [3.05, 3.63) is 48.5 Å². The number of imidazole rings is 1. The Morgan fingerprint density at radius 1 is 0.909 bits per heavy atom. The minimum absolute atomic E-state index is 0.0475. The second-order valence-electron chi connectivity index (χ2n) is 9.53. The number of nitrogens with zero attached hydrogens (tertiary/aromatic N) is 4. The standard InChI is InChI=1S/C22H27N5O15P2/c23-18-13-19(25-8-24-18)27(9-26-13)20-15(29)14(28)11(39-20)6-37-43(33,34)42-44(35,36)38-7-12-17(16(30)22(32)40-12)41-21(31)10-4-2-1-3-5-10/h1-5,8-9,11-12,14-17,20,22,28-30,32H,6-7H2,(H,33,34)(H,35,36)(H2,23,24,25)/t11-,12+,14-,15-,16+,17+,20-,22?/m1/s1. The number of ether oxygens (including phenoxy) is 3. The van der Waals surface area contributed by atoms with Crippen LogP contribution in [0.1, 0.15) is 16.6 Å². The Labute approximate surface area is 246 Å². The Morgan fingerprint density at radius 3 is 2.25 bits per heavy atom. The molecule has 8 N–H and O–H groups in total. The highest BCUT2D eigenvalue weighted by Gasteiger charge is 2.49. The zero-order valence-electron chi connectivity index (χ0n) is 22.2. The first kappa shape index (κ1) is 32.5. The van der Waals surface area contributed by atoms with Crippen LogP contribution in [0.15, 0.2) is 43.0 Å². The molecule has 0 spiro atoms. The fourth-order valence-electron chi connectivity index (χ4n) is 4.43. The van der Waals surface area contributed by atoms with E-state index >= 15 is 0 Å². The Balaban J connectivity index is 1.16. The first-order valence-corrected chi connectivity index (χ1v) is 15.6. The van der Waals surface area contributed by atoms with Crippen LogP contribution >= 0.6 is 15.6 Å². The molecule has 2 aliphatic rings. The minimum Gasteiger partial charge on any atom is -0.453 e. The Bertz CT molecular complexity index is 1580. The van der Waals surface area contributed by atoms with Gasteiger partial charge in [-0.05, 0) is 12.1 Å². The number of rotatable bonds is 11. The number of phosphoric acid groups is 2. The third-order valence-corrected chi connectivity index (χ3v) is 9.17. The van der Waals surface area contributed by atoms with Gasteiger partial charge in [-0.1, -0.05) is 18.2 Å². The van der Waals surface area contributed by atoms with Crippen molar-refractivity contribution in [2.24, 2.45) is 0 Å². The van der Waals surface area contributed by atoms with Gasteiger partial charge in [0.05, 0.1) is 25.1 Å². The van der Waals surface area contributed by atoms with Crippen molar-refractivity contribution in [2.45, 2.75) is 49.1 Å². The number of fused-ring (bicyclic) bond motifs is 1. The number of anilines is 1. The first-order valence-electron chi connectivity index (χ1n) is 12.6. The van der Waals surface area contributed by atoms with Crippen LogP contribution in [0.2, 0.25) is 0 Å². The maximum absolute atomic E-state index is 12.4. The number of aliphatic hydroxyl groups excluding tert-OH is 4. The van der Waals surface area contributed by atoms with Crippen LogP contribution in [0, 0.1) is 0 Å². The fraction of sp³-hybridized carbons (Fsp3) is 0.455. The highest BCUT2D eigenvalue weighted by Crippen LogP contribution is 2.60. The summed E-state index contributed by atoms with van der Waals surface area (Å²) in [6.07, 6.45) is -10.3. The molecule has 2 saturated heterocycles. The van der Waals surface area contributed by atoms with E-state index < -0.39 is 84.0 Å². The van der Waals surface area contributed by atoms with Gasteiger partial charge in [-0.25, -0.2) is 28.9 Å². The smallest absolute Gasteiger partial charge is 0.453 e. The number of nitrogens with two attached hydrogens (primary N) is 1. The summed E-state index contributed by atoms with van der Waals surface area (Å²) in [5, 5.41) is 40.9. The molecule has 2 aliphatic heterocycles. The number of benzene rings is 1. The van der Waals surface area contributed by atoms with Gasteiger partial charge in [0.2, 0.25) is 0 Å². The molecule has 2 fully saturated rings. The average Bonchev–Trinajstić information content (AvgIpc) is 3.61. The van der Waals surface area contributed by atoms with E-state index in [0.29, 0.717) is 0 Å². The highest BCUT2D eigenvalue weighted by molar-refractivity contribution is 7.61. The summed E-state index contributed by atoms with van der Waals surface area (Å²) in [5.41, 5.74) is 6.20. The molecule has 240 valence electrons. The number of carbonyl (C=O) groups excluding carboxylic acids is 1. The van der Waals surface area contributed by atoms with E-state index in [0.717, 1.165) is 6.33 Å². The first-order chi connectivity index (χ1) is 20.8. The van der Waals surface area contributed by atoms with Gasteiger partial charge in [0.1, 0.15) is 42.4 Å². The van der Waals surface area contributed by atoms with E-state index in [4.69, 9.17) is 24.5 Å². The number of esters is 1. The van der Waals surface area contributed by atoms with Crippen LogP contribution in [-0.2, 0) is 36.7 Å². The predicted octanol–water partition coefficient (Wildman–Crippen LogP) is -1.42. The molecule has 3 aromatic rings. The summed E-state index contributed by atoms with van der Waals surface area (Å²) in [6.45, 7) is -1.87. The van der Waals surface area contributed by atoms with Crippen molar-refractivity contribution in [1.29, 1.82) is 0 Å². The molecule has 20 nitrogen and oxygen atoms in total. The van der Waals surface area contributed by atoms with Gasteiger partial charge in [0.25, 0.3) is 0 Å². The summed E-state index contributed by atoms with van der Waals surface area (Å²) >= 11 is 0. The third-order valence-electron chi connectivity index (χ3n) is 6.57. The fourth-order valence-corrected chi connectivity index (χ4v) is 6.52. The van der Waals surface area contributed by atoms with Crippen molar-refractivity contribution in [2.75, 3.05) is 18.9 Å². The summed E-state index contributed by atoms with van der Waals surface area (Å²) in [6, 6.07) is 7.59. The van der Waals surface area contributed by atoms with Gasteiger partial charge in [0.15, 0.2) is 30.1 Å². The number of carbonyl (C=O) groups is 1. The topological polar surface area (TPSA) is 298 Å². The number of nitrogen functional groups attached to an aromatic ring is 1. The maximum atomic E-state index is 12.4. The van der Waals surface area contributed by atoms with Crippen LogP contribution in [0.25, 0.3) is 11.2 Å². The molecular weight excluding hydrogens is 636 g/mol. The molecule has 44 heavy (non-hydrogen) atoms. The Kier molecular flexibility index (Phi) is 9.45. The molecule has 3 unspecified atom stereocenters. The van der Waals surface area contributed by atoms with E-state index in [-0.39, 0.29) is 22.5 Å². The predicted molar refractivity (Wildman–Crippen MR) is 141 cm³/mol. The van der Waals surface area contributed by atoms with Gasteiger partial charge in [-0.15, -0.1) is 0 Å². The lowest BCUT2D eigenvalue weighted by atomic mass is 10.1. The van der Waals surface area contributed by atoms with Crippen LogP contribution in [0.4, 0.5) is 5.82 Å². The maximum Gasteiger partial charge on any atom is 0.481 e. The van der Waals surface area contributed by atoms with E-state index in [1.165, 1.54) is 23.0 Å². The van der Waals surface area contributed by atoms with Crippen molar-refractivity contribution in [3.63, 3.8) is 0 Å². The third kappa shape index (κ3) is 6.98. The number of hydrogen-bond acceptors (Lipinski definition) is 17. The van der Waals surface area contributed by atoms with Gasteiger partial charge >= 0.3 is 21.6 Å². The monoisotopic (exact) mass is 663 g/mol. The van der Waals surface area contributed by atoms with Gasteiger partial charge in [-0.3, -0.25) is 13.6 Å². The molecule has 0 bridgehead atoms. The zero-order chi connectivity index (χ0) is 31.8. The largest absolute Gasteiger partial charge is 0.481 e. The van der Waals surface area contributed by atoms with Gasteiger partial charge in [-0.2, -0.15) is 4.31 Å². The molecule has 0 aliphatic carbocycles. The lowest BCUT2D eigenvalue weighted by Crippen LogP contribution is -2.38. The van der Waals surface area contributed by atoms with Crippen LogP contribution in [0.5, 0.6) is 0 Å². The second-order valence-corrected chi connectivity index (χ2v) is 12.6. The van der Waals surface area contributed by atoms with E-state index in [1.807, 2.05) is 0 Å². The Morgan fingerprint density at radius 2 is 1.57 bits per heavy atom. The normalized spacial score (nSPS) is 31.5. The molecular formula is C22H27N5O15P2. The van der Waals surface area contributed by atoms with E-state index in [2.05, 4.69) is 23.8 Å². The molecule has 5 rings (SSSR count). The number of aromatic nitrogens is 4.